The van der Waals surface area contributed by atoms with Gasteiger partial charge in [0.1, 0.15) is 5.75 Å². The molecule has 2 N–H and O–H groups in total. The summed E-state index contributed by atoms with van der Waals surface area (Å²) < 4.78 is 6.03. The molecule has 1 atom stereocenters. The maximum absolute atomic E-state index is 12.0. The van der Waals surface area contributed by atoms with Crippen molar-refractivity contribution in [1.29, 1.82) is 0 Å². The number of nitrogens with one attached hydrogen (secondary N) is 2. The van der Waals surface area contributed by atoms with Crippen LogP contribution in [0.15, 0.2) is 30.6 Å². The first-order valence-electron chi connectivity index (χ1n) is 7.89. The summed E-state index contributed by atoms with van der Waals surface area (Å²) in [7, 11) is 0. The molecule has 0 saturated heterocycles. The standard InChI is InChI=1S/C17H19N3O2/c21-17-8-15(11-9-18-19-10-11)14-6-5-13(7-16(14)20-17)22-12-3-1-2-4-12/h5-7,9-10,12,15H,1-4,8H2,(H,18,19)(H,20,21). The Bertz CT molecular complexity index is 675. The fourth-order valence-corrected chi connectivity index (χ4v) is 3.46. The molecule has 2 aliphatic rings. The highest BCUT2D eigenvalue weighted by Crippen LogP contribution is 2.39. The predicted molar refractivity (Wildman–Crippen MR) is 83.0 cm³/mol. The van der Waals surface area contributed by atoms with Crippen LogP contribution in [0.1, 0.15) is 49.1 Å². The van der Waals surface area contributed by atoms with Crippen LogP contribution in [0.4, 0.5) is 5.69 Å². The van der Waals surface area contributed by atoms with Crippen molar-refractivity contribution in [3.63, 3.8) is 0 Å². The number of aromatic nitrogens is 2. The molecule has 0 spiro atoms. The molecular formula is C17H19N3O2. The van der Waals surface area contributed by atoms with Crippen molar-refractivity contribution in [1.82, 2.24) is 10.2 Å². The number of anilines is 1. The molecule has 2 heterocycles. The van der Waals surface area contributed by atoms with Gasteiger partial charge >= 0.3 is 0 Å². The quantitative estimate of drug-likeness (QED) is 0.914. The molecule has 5 heteroatoms. The van der Waals surface area contributed by atoms with E-state index in [1.54, 1.807) is 6.20 Å². The highest BCUT2D eigenvalue weighted by atomic mass is 16.5. The minimum absolute atomic E-state index is 0.0386. The summed E-state index contributed by atoms with van der Waals surface area (Å²) in [5.74, 6) is 0.943. The van der Waals surface area contributed by atoms with Gasteiger partial charge < -0.3 is 10.1 Å². The zero-order valence-electron chi connectivity index (χ0n) is 12.3. The minimum atomic E-state index is 0.0386. The zero-order valence-corrected chi connectivity index (χ0v) is 12.3. The summed E-state index contributed by atoms with van der Waals surface area (Å²) in [5.41, 5.74) is 3.03. The van der Waals surface area contributed by atoms with Gasteiger partial charge in [-0.15, -0.1) is 0 Å². The summed E-state index contributed by atoms with van der Waals surface area (Å²) in [4.78, 5) is 12.0. The number of benzene rings is 1. The highest BCUT2D eigenvalue weighted by Gasteiger charge is 2.27. The van der Waals surface area contributed by atoms with Crippen molar-refractivity contribution in [3.05, 3.63) is 41.7 Å². The monoisotopic (exact) mass is 297 g/mol. The summed E-state index contributed by atoms with van der Waals surface area (Å²) in [6, 6.07) is 6.04. The van der Waals surface area contributed by atoms with Crippen LogP contribution in [0, 0.1) is 0 Å². The van der Waals surface area contributed by atoms with Gasteiger partial charge in [0.25, 0.3) is 0 Å². The Morgan fingerprint density at radius 1 is 1.23 bits per heavy atom. The first kappa shape index (κ1) is 13.4. The molecule has 1 aromatic heterocycles. The van der Waals surface area contributed by atoms with Crippen molar-refractivity contribution < 1.29 is 9.53 Å². The maximum Gasteiger partial charge on any atom is 0.225 e. The number of ether oxygens (including phenoxy) is 1. The van der Waals surface area contributed by atoms with Gasteiger partial charge in [0.15, 0.2) is 0 Å². The van der Waals surface area contributed by atoms with Gasteiger partial charge in [-0.25, -0.2) is 0 Å². The van der Waals surface area contributed by atoms with Crippen molar-refractivity contribution in [2.24, 2.45) is 0 Å². The second kappa shape index (κ2) is 5.48. The molecule has 1 aliphatic heterocycles. The molecule has 1 saturated carbocycles. The molecule has 0 radical (unpaired) electrons. The number of carbonyl (C=O) groups excluding carboxylic acids is 1. The lowest BCUT2D eigenvalue weighted by Crippen LogP contribution is -2.23. The smallest absolute Gasteiger partial charge is 0.225 e. The van der Waals surface area contributed by atoms with Gasteiger partial charge in [0.05, 0.1) is 12.3 Å². The van der Waals surface area contributed by atoms with Gasteiger partial charge in [-0.2, -0.15) is 5.10 Å². The van der Waals surface area contributed by atoms with Crippen LogP contribution in [-0.4, -0.2) is 22.2 Å². The Hall–Kier alpha value is -2.30. The molecule has 2 aromatic rings. The van der Waals surface area contributed by atoms with Crippen LogP contribution in [-0.2, 0) is 4.79 Å². The van der Waals surface area contributed by atoms with Gasteiger partial charge in [-0.05, 0) is 42.9 Å². The van der Waals surface area contributed by atoms with Crippen LogP contribution in [0.25, 0.3) is 0 Å². The lowest BCUT2D eigenvalue weighted by molar-refractivity contribution is -0.116. The number of nitrogens with zero attached hydrogens (tertiary/aromatic N) is 1. The first-order valence-corrected chi connectivity index (χ1v) is 7.89. The van der Waals surface area contributed by atoms with Gasteiger partial charge in [0.2, 0.25) is 5.91 Å². The molecule has 22 heavy (non-hydrogen) atoms. The molecular weight excluding hydrogens is 278 g/mol. The number of amides is 1. The number of rotatable bonds is 3. The fraction of sp³-hybridized carbons (Fsp3) is 0.412. The molecule has 5 nitrogen and oxygen atoms in total. The summed E-state index contributed by atoms with van der Waals surface area (Å²) in [5, 5.41) is 9.79. The van der Waals surface area contributed by atoms with Gasteiger partial charge in [-0.1, -0.05) is 6.07 Å². The number of fused-ring (bicyclic) bond motifs is 1. The third-order valence-electron chi connectivity index (χ3n) is 4.59. The fourth-order valence-electron chi connectivity index (χ4n) is 3.46. The summed E-state index contributed by atoms with van der Waals surface area (Å²) in [6.45, 7) is 0. The Morgan fingerprint density at radius 3 is 2.86 bits per heavy atom. The Kier molecular flexibility index (Phi) is 3.33. The van der Waals surface area contributed by atoms with Crippen LogP contribution in [0.2, 0.25) is 0 Å². The molecule has 1 fully saturated rings. The largest absolute Gasteiger partial charge is 0.490 e. The van der Waals surface area contributed by atoms with E-state index in [2.05, 4.69) is 21.6 Å². The van der Waals surface area contributed by atoms with E-state index < -0.39 is 0 Å². The molecule has 1 unspecified atom stereocenters. The minimum Gasteiger partial charge on any atom is -0.490 e. The molecule has 0 bridgehead atoms. The van der Waals surface area contributed by atoms with Crippen molar-refractivity contribution >= 4 is 11.6 Å². The summed E-state index contributed by atoms with van der Waals surface area (Å²) >= 11 is 0. The topological polar surface area (TPSA) is 67.0 Å². The third kappa shape index (κ3) is 2.47. The van der Waals surface area contributed by atoms with Gasteiger partial charge in [0, 0.05) is 30.3 Å². The number of aromatic amines is 1. The van der Waals surface area contributed by atoms with E-state index in [0.717, 1.165) is 35.4 Å². The highest BCUT2D eigenvalue weighted by molar-refractivity contribution is 5.95. The van der Waals surface area contributed by atoms with E-state index in [1.165, 1.54) is 12.8 Å². The Labute approximate surface area is 129 Å². The Balaban J connectivity index is 1.63. The van der Waals surface area contributed by atoms with Crippen molar-refractivity contribution in [3.8, 4) is 5.75 Å². The summed E-state index contributed by atoms with van der Waals surface area (Å²) in [6.07, 6.45) is 9.16. The lowest BCUT2D eigenvalue weighted by atomic mass is 9.86. The lowest BCUT2D eigenvalue weighted by Gasteiger charge is -2.26. The average Bonchev–Trinajstić information content (AvgIpc) is 3.19. The molecule has 1 amide bonds. The van der Waals surface area contributed by atoms with Crippen molar-refractivity contribution in [2.45, 2.75) is 44.1 Å². The number of H-pyrrole nitrogens is 1. The second-order valence-corrected chi connectivity index (χ2v) is 6.11. The van der Waals surface area contributed by atoms with Crippen LogP contribution >= 0.6 is 0 Å². The maximum atomic E-state index is 12.0. The van der Waals surface area contributed by atoms with Crippen LogP contribution < -0.4 is 10.1 Å². The van der Waals surface area contributed by atoms with Crippen LogP contribution in [0.5, 0.6) is 5.75 Å². The average molecular weight is 297 g/mol. The van der Waals surface area contributed by atoms with Gasteiger partial charge in [-0.3, -0.25) is 9.89 Å². The zero-order chi connectivity index (χ0) is 14.9. The first-order chi connectivity index (χ1) is 10.8. The SMILES string of the molecule is O=C1CC(c2cn[nH]c2)c2ccc(OC3CCCC3)cc2N1. The number of hydrogen-bond donors (Lipinski definition) is 2. The normalized spacial score (nSPS) is 21.5. The molecule has 1 aliphatic carbocycles. The molecule has 114 valence electrons. The number of hydrogen-bond acceptors (Lipinski definition) is 3. The van der Waals surface area contributed by atoms with E-state index in [9.17, 15) is 4.79 Å². The third-order valence-corrected chi connectivity index (χ3v) is 4.59. The number of carbonyl (C=O) groups is 1. The molecule has 1 aromatic carbocycles. The van der Waals surface area contributed by atoms with E-state index in [4.69, 9.17) is 4.74 Å². The van der Waals surface area contributed by atoms with Crippen LogP contribution in [0.3, 0.4) is 0 Å². The Morgan fingerprint density at radius 2 is 2.09 bits per heavy atom. The van der Waals surface area contributed by atoms with E-state index >= 15 is 0 Å². The van der Waals surface area contributed by atoms with E-state index in [1.807, 2.05) is 18.3 Å². The molecule has 4 rings (SSSR count). The van der Waals surface area contributed by atoms with E-state index in [0.29, 0.717) is 12.5 Å². The second-order valence-electron chi connectivity index (χ2n) is 6.11. The van der Waals surface area contributed by atoms with E-state index in [-0.39, 0.29) is 11.8 Å². The van der Waals surface area contributed by atoms with Crippen molar-refractivity contribution in [2.75, 3.05) is 5.32 Å². The predicted octanol–water partition coefficient (Wildman–Crippen LogP) is 3.21.